The zero-order valence-electron chi connectivity index (χ0n) is 16.4. The monoisotopic (exact) mass is 367 g/mol. The van der Waals surface area contributed by atoms with Crippen LogP contribution < -0.4 is 14.7 Å². The molecule has 0 aliphatic carbocycles. The minimum atomic E-state index is 0.759. The van der Waals surface area contributed by atoms with E-state index in [9.17, 15) is 0 Å². The van der Waals surface area contributed by atoms with E-state index < -0.39 is 0 Å². The molecular formula is C20H29N7. The Bertz CT molecular complexity index is 750. The van der Waals surface area contributed by atoms with Crippen LogP contribution in [0.3, 0.4) is 0 Å². The molecule has 2 aliphatic heterocycles. The Labute approximate surface area is 161 Å². The highest BCUT2D eigenvalue weighted by atomic mass is 15.4. The molecule has 0 N–H and O–H groups in total. The number of anilines is 3. The van der Waals surface area contributed by atoms with Gasteiger partial charge >= 0.3 is 0 Å². The number of hydrogen-bond acceptors (Lipinski definition) is 7. The summed E-state index contributed by atoms with van der Waals surface area (Å²) in [7, 11) is 0. The molecule has 27 heavy (non-hydrogen) atoms. The maximum atomic E-state index is 4.82. The fraction of sp³-hybridized carbons (Fsp3) is 0.550. The lowest BCUT2D eigenvalue weighted by atomic mass is 10.2. The van der Waals surface area contributed by atoms with Gasteiger partial charge < -0.3 is 19.6 Å². The summed E-state index contributed by atoms with van der Waals surface area (Å²) in [5, 5.41) is 8.55. The van der Waals surface area contributed by atoms with Crippen molar-refractivity contribution in [1.29, 1.82) is 0 Å². The van der Waals surface area contributed by atoms with Crippen LogP contribution in [0.5, 0.6) is 0 Å². The summed E-state index contributed by atoms with van der Waals surface area (Å²) >= 11 is 0. The minimum Gasteiger partial charge on any atom is -0.368 e. The first-order chi connectivity index (χ1) is 13.2. The summed E-state index contributed by atoms with van der Waals surface area (Å²) in [5.41, 5.74) is 2.61. The second kappa shape index (κ2) is 8.08. The van der Waals surface area contributed by atoms with Crippen molar-refractivity contribution < 1.29 is 0 Å². The summed E-state index contributed by atoms with van der Waals surface area (Å²) in [6, 6.07) is 8.72. The molecule has 2 aromatic rings. The molecule has 0 atom stereocenters. The van der Waals surface area contributed by atoms with Crippen molar-refractivity contribution in [2.45, 2.75) is 13.8 Å². The lowest BCUT2D eigenvalue weighted by molar-refractivity contribution is 0.270. The molecule has 0 spiro atoms. The lowest BCUT2D eigenvalue weighted by Crippen LogP contribution is -2.48. The number of nitrogens with zero attached hydrogens (tertiary/aromatic N) is 7. The first kappa shape index (κ1) is 18.0. The molecule has 2 saturated heterocycles. The Kier molecular flexibility index (Phi) is 5.38. The van der Waals surface area contributed by atoms with Gasteiger partial charge in [-0.05, 0) is 31.2 Å². The molecule has 0 saturated carbocycles. The van der Waals surface area contributed by atoms with E-state index in [1.54, 1.807) is 6.20 Å². The van der Waals surface area contributed by atoms with Gasteiger partial charge in [0.25, 0.3) is 0 Å². The predicted octanol–water partition coefficient (Wildman–Crippen LogP) is 1.65. The summed E-state index contributed by atoms with van der Waals surface area (Å²) in [6.07, 6.45) is 1.80. The number of hydrogen-bond donors (Lipinski definition) is 0. The third-order valence-electron chi connectivity index (χ3n) is 5.61. The largest absolute Gasteiger partial charge is 0.368 e. The van der Waals surface area contributed by atoms with Gasteiger partial charge in [0.15, 0.2) is 5.82 Å². The van der Waals surface area contributed by atoms with Gasteiger partial charge in [-0.1, -0.05) is 19.1 Å². The van der Waals surface area contributed by atoms with E-state index in [0.717, 1.165) is 70.7 Å². The lowest BCUT2D eigenvalue weighted by Gasteiger charge is -2.37. The summed E-state index contributed by atoms with van der Waals surface area (Å²) in [5.74, 6) is 1.71. The quantitative estimate of drug-likeness (QED) is 0.814. The van der Waals surface area contributed by atoms with Crippen molar-refractivity contribution in [3.8, 4) is 0 Å². The highest BCUT2D eigenvalue weighted by Gasteiger charge is 2.22. The van der Waals surface area contributed by atoms with E-state index in [4.69, 9.17) is 4.98 Å². The SMILES string of the molecule is CCN1CCN(c2cnnc(N3CCN(c4cccc(C)c4)CC3)n2)CC1. The predicted molar refractivity (Wildman–Crippen MR) is 110 cm³/mol. The average molecular weight is 368 g/mol. The Morgan fingerprint density at radius 1 is 0.889 bits per heavy atom. The molecule has 2 fully saturated rings. The molecule has 1 aromatic heterocycles. The van der Waals surface area contributed by atoms with Crippen LogP contribution in [-0.2, 0) is 0 Å². The van der Waals surface area contributed by atoms with Gasteiger partial charge in [-0.3, -0.25) is 0 Å². The van der Waals surface area contributed by atoms with Gasteiger partial charge in [0.05, 0.1) is 6.20 Å². The summed E-state index contributed by atoms with van der Waals surface area (Å²) < 4.78 is 0. The molecule has 144 valence electrons. The number of rotatable bonds is 4. The minimum absolute atomic E-state index is 0.759. The zero-order chi connectivity index (χ0) is 18.6. The van der Waals surface area contributed by atoms with Crippen molar-refractivity contribution in [2.24, 2.45) is 0 Å². The molecule has 0 amide bonds. The van der Waals surface area contributed by atoms with E-state index in [2.05, 4.69) is 67.9 Å². The molecule has 4 rings (SSSR count). The topological polar surface area (TPSA) is 51.6 Å². The average Bonchev–Trinajstić information content (AvgIpc) is 2.74. The van der Waals surface area contributed by atoms with Gasteiger partial charge in [-0.15, -0.1) is 5.10 Å². The normalized spacial score (nSPS) is 18.8. The van der Waals surface area contributed by atoms with Crippen molar-refractivity contribution >= 4 is 17.5 Å². The third-order valence-corrected chi connectivity index (χ3v) is 5.61. The van der Waals surface area contributed by atoms with Crippen molar-refractivity contribution in [1.82, 2.24) is 20.1 Å². The summed E-state index contributed by atoms with van der Waals surface area (Å²) in [4.78, 5) is 14.3. The Morgan fingerprint density at radius 3 is 2.30 bits per heavy atom. The molecule has 1 aromatic carbocycles. The molecule has 0 bridgehead atoms. The number of aromatic nitrogens is 3. The molecule has 2 aliphatic rings. The van der Waals surface area contributed by atoms with Crippen LogP contribution >= 0.6 is 0 Å². The van der Waals surface area contributed by atoms with Crippen molar-refractivity contribution in [2.75, 3.05) is 73.6 Å². The highest BCUT2D eigenvalue weighted by Crippen LogP contribution is 2.21. The van der Waals surface area contributed by atoms with Gasteiger partial charge in [0, 0.05) is 58.0 Å². The van der Waals surface area contributed by atoms with Crippen LogP contribution in [0.4, 0.5) is 17.5 Å². The second-order valence-corrected chi connectivity index (χ2v) is 7.35. The van der Waals surface area contributed by atoms with Crippen LogP contribution in [0.25, 0.3) is 0 Å². The molecule has 7 nitrogen and oxygen atoms in total. The fourth-order valence-electron chi connectivity index (χ4n) is 3.85. The summed E-state index contributed by atoms with van der Waals surface area (Å²) in [6.45, 7) is 13.5. The smallest absolute Gasteiger partial charge is 0.247 e. The van der Waals surface area contributed by atoms with Crippen LogP contribution in [0.2, 0.25) is 0 Å². The highest BCUT2D eigenvalue weighted by molar-refractivity contribution is 5.50. The van der Waals surface area contributed by atoms with Gasteiger partial charge in [-0.25, -0.2) is 0 Å². The van der Waals surface area contributed by atoms with Crippen LogP contribution in [0.1, 0.15) is 12.5 Å². The first-order valence-electron chi connectivity index (χ1n) is 9.96. The van der Waals surface area contributed by atoms with Gasteiger partial charge in [0.1, 0.15) is 0 Å². The van der Waals surface area contributed by atoms with Crippen LogP contribution in [0, 0.1) is 6.92 Å². The molecule has 7 heteroatoms. The van der Waals surface area contributed by atoms with Crippen molar-refractivity contribution in [3.63, 3.8) is 0 Å². The molecular weight excluding hydrogens is 338 g/mol. The van der Waals surface area contributed by atoms with Crippen LogP contribution in [-0.4, -0.2) is 79.0 Å². The van der Waals surface area contributed by atoms with E-state index in [1.807, 2.05) is 0 Å². The number of likely N-dealkylation sites (N-methyl/N-ethyl adjacent to an activating group) is 1. The second-order valence-electron chi connectivity index (χ2n) is 7.35. The molecule has 0 unspecified atom stereocenters. The Morgan fingerprint density at radius 2 is 1.59 bits per heavy atom. The third kappa shape index (κ3) is 4.13. The number of aryl methyl sites for hydroxylation is 1. The zero-order valence-corrected chi connectivity index (χ0v) is 16.4. The van der Waals surface area contributed by atoms with Crippen molar-refractivity contribution in [3.05, 3.63) is 36.0 Å². The van der Waals surface area contributed by atoms with Gasteiger partial charge in [-0.2, -0.15) is 10.1 Å². The molecule has 3 heterocycles. The maximum absolute atomic E-state index is 4.82. The standard InChI is InChI=1S/C20H29N7/c1-3-24-7-9-26(10-8-24)19-16-21-23-20(22-19)27-13-11-25(12-14-27)18-6-4-5-17(2)15-18/h4-6,15-16H,3,7-14H2,1-2H3. The maximum Gasteiger partial charge on any atom is 0.247 e. The number of piperazine rings is 2. The fourth-order valence-corrected chi connectivity index (χ4v) is 3.85. The van der Waals surface area contributed by atoms with E-state index in [-0.39, 0.29) is 0 Å². The number of benzene rings is 1. The van der Waals surface area contributed by atoms with E-state index in [0.29, 0.717) is 0 Å². The Hall–Kier alpha value is -2.41. The molecule has 0 radical (unpaired) electrons. The Balaban J connectivity index is 1.39. The van der Waals surface area contributed by atoms with E-state index >= 15 is 0 Å². The van der Waals surface area contributed by atoms with Gasteiger partial charge in [0.2, 0.25) is 5.95 Å². The first-order valence-corrected chi connectivity index (χ1v) is 9.96. The van der Waals surface area contributed by atoms with Crippen LogP contribution in [0.15, 0.2) is 30.5 Å². The van der Waals surface area contributed by atoms with E-state index in [1.165, 1.54) is 11.3 Å².